The number of benzene rings is 1. The maximum Gasteiger partial charge on any atom is 0.153 e. The van der Waals surface area contributed by atoms with Crippen LogP contribution >= 0.6 is 0 Å². The Balaban J connectivity index is 1.86. The van der Waals surface area contributed by atoms with E-state index in [2.05, 4.69) is 11.1 Å². The summed E-state index contributed by atoms with van der Waals surface area (Å²) in [6.07, 6.45) is 7.52. The molecule has 21 heavy (non-hydrogen) atoms. The van der Waals surface area contributed by atoms with Crippen LogP contribution in [0.25, 0.3) is 0 Å². The fourth-order valence-electron chi connectivity index (χ4n) is 3.02. The number of carbonyl (C=O) groups excluding carboxylic acids is 1. The Morgan fingerprint density at radius 1 is 1.14 bits per heavy atom. The molecule has 1 aromatic carbocycles. The number of hydrogen-bond donors (Lipinski definition) is 0. The van der Waals surface area contributed by atoms with Crippen LogP contribution in [0.15, 0.2) is 42.6 Å². The largest absolute Gasteiger partial charge is 0.486 e. The number of para-hydroxylation sites is 1. The zero-order chi connectivity index (χ0) is 14.5. The van der Waals surface area contributed by atoms with Gasteiger partial charge in [0.05, 0.1) is 11.3 Å². The third-order valence-electron chi connectivity index (χ3n) is 4.09. The van der Waals surface area contributed by atoms with Gasteiger partial charge in [0.25, 0.3) is 0 Å². The van der Waals surface area contributed by atoms with Gasteiger partial charge in [-0.15, -0.1) is 0 Å². The molecule has 1 fully saturated rings. The Morgan fingerprint density at radius 3 is 2.71 bits per heavy atom. The molecule has 3 rings (SSSR count). The normalized spacial score (nSPS) is 15.0. The van der Waals surface area contributed by atoms with Gasteiger partial charge in [0, 0.05) is 6.20 Å². The highest BCUT2D eigenvalue weighted by molar-refractivity contribution is 5.80. The van der Waals surface area contributed by atoms with E-state index in [1.54, 1.807) is 6.20 Å². The number of ether oxygens (including phenoxy) is 1. The van der Waals surface area contributed by atoms with Crippen LogP contribution in [0.5, 0.6) is 5.75 Å². The average molecular weight is 281 g/mol. The van der Waals surface area contributed by atoms with Crippen LogP contribution in [0.1, 0.15) is 53.2 Å². The summed E-state index contributed by atoms with van der Waals surface area (Å²) in [5, 5.41) is 0. The van der Waals surface area contributed by atoms with Crippen molar-refractivity contribution in [1.82, 2.24) is 4.98 Å². The van der Waals surface area contributed by atoms with Crippen molar-refractivity contribution in [1.29, 1.82) is 0 Å². The van der Waals surface area contributed by atoms with Crippen LogP contribution in [-0.2, 0) is 6.61 Å². The van der Waals surface area contributed by atoms with Gasteiger partial charge in [-0.1, -0.05) is 31.0 Å². The Labute approximate surface area is 125 Å². The summed E-state index contributed by atoms with van der Waals surface area (Å²) in [5.74, 6) is 1.26. The second kappa shape index (κ2) is 6.53. The number of aldehydes is 1. The highest BCUT2D eigenvalue weighted by Crippen LogP contribution is 2.40. The molecule has 0 bridgehead atoms. The number of hydrogen-bond acceptors (Lipinski definition) is 3. The topological polar surface area (TPSA) is 39.2 Å². The molecule has 0 radical (unpaired) electrons. The Morgan fingerprint density at radius 2 is 2.00 bits per heavy atom. The lowest BCUT2D eigenvalue weighted by Gasteiger charge is -2.17. The van der Waals surface area contributed by atoms with Crippen molar-refractivity contribution < 1.29 is 9.53 Å². The number of aromatic nitrogens is 1. The van der Waals surface area contributed by atoms with E-state index in [4.69, 9.17) is 4.74 Å². The van der Waals surface area contributed by atoms with Gasteiger partial charge in [-0.25, -0.2) is 0 Å². The molecule has 1 aromatic heterocycles. The number of pyridine rings is 1. The molecule has 3 nitrogen and oxygen atoms in total. The summed E-state index contributed by atoms with van der Waals surface area (Å²) in [4.78, 5) is 15.6. The van der Waals surface area contributed by atoms with E-state index in [9.17, 15) is 4.79 Å². The molecule has 0 unspecified atom stereocenters. The molecule has 1 heterocycles. The Bertz CT molecular complexity index is 604. The van der Waals surface area contributed by atoms with Crippen molar-refractivity contribution >= 4 is 6.29 Å². The molecular weight excluding hydrogens is 262 g/mol. The zero-order valence-electron chi connectivity index (χ0n) is 12.0. The van der Waals surface area contributed by atoms with E-state index in [0.717, 1.165) is 17.7 Å². The molecule has 0 N–H and O–H groups in total. The average Bonchev–Trinajstić information content (AvgIpc) is 3.08. The van der Waals surface area contributed by atoms with Crippen molar-refractivity contribution in [2.75, 3.05) is 0 Å². The molecule has 0 amide bonds. The van der Waals surface area contributed by atoms with Crippen LogP contribution in [0.4, 0.5) is 0 Å². The lowest BCUT2D eigenvalue weighted by molar-refractivity contribution is 0.111. The van der Waals surface area contributed by atoms with Crippen molar-refractivity contribution in [3.05, 3.63) is 59.4 Å². The quantitative estimate of drug-likeness (QED) is 0.773. The summed E-state index contributed by atoms with van der Waals surface area (Å²) in [6, 6.07) is 11.6. The van der Waals surface area contributed by atoms with Gasteiger partial charge in [0.1, 0.15) is 12.4 Å². The molecule has 0 spiro atoms. The van der Waals surface area contributed by atoms with Crippen LogP contribution < -0.4 is 4.74 Å². The van der Waals surface area contributed by atoms with Gasteiger partial charge in [0.15, 0.2) is 6.29 Å². The van der Waals surface area contributed by atoms with Gasteiger partial charge in [-0.2, -0.15) is 0 Å². The summed E-state index contributed by atoms with van der Waals surface area (Å²) >= 11 is 0. The molecule has 0 atom stereocenters. The molecule has 108 valence electrons. The molecule has 1 aliphatic carbocycles. The Hall–Kier alpha value is -2.16. The summed E-state index contributed by atoms with van der Waals surface area (Å²) in [6.45, 7) is 0.394. The zero-order valence-corrected chi connectivity index (χ0v) is 12.0. The molecule has 1 aliphatic rings. The minimum absolute atomic E-state index is 0.394. The van der Waals surface area contributed by atoms with Crippen molar-refractivity contribution in [3.8, 4) is 5.75 Å². The highest BCUT2D eigenvalue weighted by atomic mass is 16.5. The minimum atomic E-state index is 0.394. The Kier molecular flexibility index (Phi) is 4.29. The fourth-order valence-corrected chi connectivity index (χ4v) is 3.02. The smallest absolute Gasteiger partial charge is 0.153 e. The van der Waals surface area contributed by atoms with Gasteiger partial charge in [0.2, 0.25) is 0 Å². The maximum atomic E-state index is 11.3. The monoisotopic (exact) mass is 281 g/mol. The molecule has 0 aliphatic heterocycles. The van der Waals surface area contributed by atoms with Crippen LogP contribution in [0.3, 0.4) is 0 Å². The number of nitrogens with zero attached hydrogens (tertiary/aromatic N) is 1. The van der Waals surface area contributed by atoms with E-state index in [-0.39, 0.29) is 0 Å². The first-order valence-corrected chi connectivity index (χ1v) is 7.49. The third kappa shape index (κ3) is 3.13. The van der Waals surface area contributed by atoms with Gasteiger partial charge < -0.3 is 4.74 Å². The summed E-state index contributed by atoms with van der Waals surface area (Å²) in [5.41, 5.74) is 2.68. The predicted octanol–water partition coefficient (Wildman–Crippen LogP) is 4.13. The highest BCUT2D eigenvalue weighted by Gasteiger charge is 2.22. The first kappa shape index (κ1) is 13.8. The van der Waals surface area contributed by atoms with E-state index >= 15 is 0 Å². The van der Waals surface area contributed by atoms with Crippen molar-refractivity contribution in [2.45, 2.75) is 38.2 Å². The molecule has 3 heteroatoms. The van der Waals surface area contributed by atoms with Crippen LogP contribution in [0, 0.1) is 0 Å². The van der Waals surface area contributed by atoms with E-state index < -0.39 is 0 Å². The van der Waals surface area contributed by atoms with Gasteiger partial charge in [-0.3, -0.25) is 9.78 Å². The van der Waals surface area contributed by atoms with Crippen molar-refractivity contribution in [3.63, 3.8) is 0 Å². The second-order valence-electron chi connectivity index (χ2n) is 5.47. The first-order chi connectivity index (χ1) is 10.4. The fraction of sp³-hybridized carbons (Fsp3) is 0.333. The number of carbonyl (C=O) groups is 1. The van der Waals surface area contributed by atoms with E-state index in [1.807, 2.05) is 30.3 Å². The molecule has 1 saturated carbocycles. The lowest BCUT2D eigenvalue weighted by atomic mass is 9.95. The van der Waals surface area contributed by atoms with E-state index in [1.165, 1.54) is 31.2 Å². The molecule has 0 saturated heterocycles. The number of rotatable bonds is 5. The first-order valence-electron chi connectivity index (χ1n) is 7.49. The third-order valence-corrected chi connectivity index (χ3v) is 4.09. The summed E-state index contributed by atoms with van der Waals surface area (Å²) < 4.78 is 5.96. The van der Waals surface area contributed by atoms with Gasteiger partial charge >= 0.3 is 0 Å². The second-order valence-corrected chi connectivity index (χ2v) is 5.47. The SMILES string of the molecule is O=Cc1cccc(C2CCCC2)c1OCc1ccccn1. The molecule has 2 aromatic rings. The standard InChI is InChI=1S/C18H19NO2/c20-12-15-8-5-10-17(14-6-1-2-7-14)18(15)21-13-16-9-3-4-11-19-16/h3-5,8-12,14H,1-2,6-7,13H2. The van der Waals surface area contributed by atoms with Crippen LogP contribution in [0.2, 0.25) is 0 Å². The van der Waals surface area contributed by atoms with Gasteiger partial charge in [-0.05, 0) is 42.5 Å². The van der Waals surface area contributed by atoms with Crippen LogP contribution in [-0.4, -0.2) is 11.3 Å². The summed E-state index contributed by atoms with van der Waals surface area (Å²) in [7, 11) is 0. The van der Waals surface area contributed by atoms with E-state index in [0.29, 0.717) is 18.1 Å². The minimum Gasteiger partial charge on any atom is -0.486 e. The van der Waals surface area contributed by atoms with Crippen molar-refractivity contribution in [2.24, 2.45) is 0 Å². The molecular formula is C18H19NO2. The lowest BCUT2D eigenvalue weighted by Crippen LogP contribution is -2.05. The predicted molar refractivity (Wildman–Crippen MR) is 81.6 cm³/mol. The maximum absolute atomic E-state index is 11.3.